The molecule has 3 fully saturated rings. The number of carbonyl (C=O) groups is 2. The molecular formula is C22H31N3O2. The van der Waals surface area contributed by atoms with Crippen LogP contribution in [-0.4, -0.2) is 40.8 Å². The molecule has 3 aliphatic rings. The van der Waals surface area contributed by atoms with Crippen LogP contribution in [0.3, 0.4) is 0 Å². The standard InChI is InChI=1S/C22H31N3O2/c1-16-5-6-17(13-23-16)21(27)25-14-18(7-10-20(26)24-19-8-9-19)22(15-25)11-3-2-4-12-22/h5-6,13,18-19H,2-4,7-12,14-15H2,1H3,(H,24,26). The van der Waals surface area contributed by atoms with Gasteiger partial charge in [-0.1, -0.05) is 19.3 Å². The van der Waals surface area contributed by atoms with Gasteiger partial charge < -0.3 is 10.2 Å². The molecular weight excluding hydrogens is 338 g/mol. The lowest BCUT2D eigenvalue weighted by molar-refractivity contribution is -0.121. The average molecular weight is 370 g/mol. The van der Waals surface area contributed by atoms with Gasteiger partial charge >= 0.3 is 0 Å². The van der Waals surface area contributed by atoms with Crippen molar-refractivity contribution < 1.29 is 9.59 Å². The van der Waals surface area contributed by atoms with E-state index in [1.165, 1.54) is 32.1 Å². The summed E-state index contributed by atoms with van der Waals surface area (Å²) in [5, 5.41) is 3.11. The van der Waals surface area contributed by atoms with E-state index in [4.69, 9.17) is 0 Å². The van der Waals surface area contributed by atoms with Crippen LogP contribution < -0.4 is 5.32 Å². The first kappa shape index (κ1) is 18.5. The van der Waals surface area contributed by atoms with Crippen LogP contribution in [0.2, 0.25) is 0 Å². The molecule has 1 atom stereocenters. The zero-order chi connectivity index (χ0) is 18.9. The summed E-state index contributed by atoms with van der Waals surface area (Å²) in [6.07, 6.45) is 11.6. The molecule has 2 saturated carbocycles. The number of aromatic nitrogens is 1. The highest BCUT2D eigenvalue weighted by molar-refractivity contribution is 5.94. The second-order valence-corrected chi connectivity index (χ2v) is 8.87. The van der Waals surface area contributed by atoms with Crippen LogP contribution in [0.1, 0.15) is 73.8 Å². The van der Waals surface area contributed by atoms with Gasteiger partial charge in [0.2, 0.25) is 5.91 Å². The summed E-state index contributed by atoms with van der Waals surface area (Å²) < 4.78 is 0. The zero-order valence-electron chi connectivity index (χ0n) is 16.4. The summed E-state index contributed by atoms with van der Waals surface area (Å²) in [7, 11) is 0. The van der Waals surface area contributed by atoms with E-state index >= 15 is 0 Å². The Morgan fingerprint density at radius 2 is 2.00 bits per heavy atom. The Bertz CT molecular complexity index is 690. The highest BCUT2D eigenvalue weighted by Crippen LogP contribution is 2.49. The van der Waals surface area contributed by atoms with Gasteiger partial charge in [0.25, 0.3) is 5.91 Å². The molecule has 0 radical (unpaired) electrons. The molecule has 2 aliphatic carbocycles. The fourth-order valence-electron chi connectivity index (χ4n) is 5.02. The number of aryl methyl sites for hydroxylation is 1. The molecule has 1 aliphatic heterocycles. The minimum absolute atomic E-state index is 0.0948. The van der Waals surface area contributed by atoms with Crippen LogP contribution in [0.5, 0.6) is 0 Å². The van der Waals surface area contributed by atoms with Crippen molar-refractivity contribution in [2.75, 3.05) is 13.1 Å². The van der Waals surface area contributed by atoms with Gasteiger partial charge in [-0.3, -0.25) is 14.6 Å². The normalized spacial score (nSPS) is 24.2. The van der Waals surface area contributed by atoms with E-state index < -0.39 is 0 Å². The van der Waals surface area contributed by atoms with Crippen molar-refractivity contribution in [3.05, 3.63) is 29.6 Å². The Hall–Kier alpha value is -1.91. The summed E-state index contributed by atoms with van der Waals surface area (Å²) in [6, 6.07) is 4.21. The average Bonchev–Trinajstić information content (AvgIpc) is 3.42. The first-order chi connectivity index (χ1) is 13.1. The molecule has 1 aromatic rings. The molecule has 27 heavy (non-hydrogen) atoms. The number of hydrogen-bond donors (Lipinski definition) is 1. The van der Waals surface area contributed by atoms with Crippen LogP contribution in [0.15, 0.2) is 18.3 Å². The molecule has 0 aromatic carbocycles. The van der Waals surface area contributed by atoms with Crippen molar-refractivity contribution in [1.29, 1.82) is 0 Å². The fraction of sp³-hybridized carbons (Fsp3) is 0.682. The maximum absolute atomic E-state index is 13.0. The Kier molecular flexibility index (Phi) is 5.20. The zero-order valence-corrected chi connectivity index (χ0v) is 16.4. The Labute approximate surface area is 161 Å². The monoisotopic (exact) mass is 369 g/mol. The summed E-state index contributed by atoms with van der Waals surface area (Å²) >= 11 is 0. The predicted molar refractivity (Wildman–Crippen MR) is 104 cm³/mol. The van der Waals surface area contributed by atoms with Gasteiger partial charge in [0.1, 0.15) is 0 Å². The Morgan fingerprint density at radius 1 is 1.22 bits per heavy atom. The lowest BCUT2D eigenvalue weighted by Crippen LogP contribution is -2.35. The lowest BCUT2D eigenvalue weighted by atomic mass is 9.66. The van der Waals surface area contributed by atoms with Gasteiger partial charge in [-0.15, -0.1) is 0 Å². The minimum atomic E-state index is 0.0948. The maximum atomic E-state index is 13.0. The van der Waals surface area contributed by atoms with Gasteiger partial charge in [-0.25, -0.2) is 0 Å². The van der Waals surface area contributed by atoms with Gasteiger partial charge in [-0.2, -0.15) is 0 Å². The summed E-state index contributed by atoms with van der Waals surface area (Å²) in [6.45, 7) is 3.56. The SMILES string of the molecule is Cc1ccc(C(=O)N2CC(CCC(=O)NC3CC3)C3(CCCCC3)C2)cn1. The van der Waals surface area contributed by atoms with E-state index in [1.807, 2.05) is 24.0 Å². The van der Waals surface area contributed by atoms with Crippen molar-refractivity contribution in [3.63, 3.8) is 0 Å². The number of pyridine rings is 1. The first-order valence-electron chi connectivity index (χ1n) is 10.6. The van der Waals surface area contributed by atoms with Crippen molar-refractivity contribution >= 4 is 11.8 Å². The second-order valence-electron chi connectivity index (χ2n) is 8.87. The topological polar surface area (TPSA) is 62.3 Å². The van der Waals surface area contributed by atoms with Crippen molar-refractivity contribution in [3.8, 4) is 0 Å². The number of amides is 2. The van der Waals surface area contributed by atoms with Gasteiger partial charge in [0.05, 0.1) is 5.56 Å². The highest BCUT2D eigenvalue weighted by Gasteiger charge is 2.48. The van der Waals surface area contributed by atoms with E-state index in [0.29, 0.717) is 23.9 Å². The van der Waals surface area contributed by atoms with E-state index in [-0.39, 0.29) is 17.2 Å². The molecule has 2 heterocycles. The molecule has 146 valence electrons. The third-order valence-corrected chi connectivity index (χ3v) is 6.77. The van der Waals surface area contributed by atoms with Crippen molar-refractivity contribution in [2.45, 2.75) is 70.8 Å². The summed E-state index contributed by atoms with van der Waals surface area (Å²) in [5.74, 6) is 0.721. The molecule has 4 rings (SSSR count). The number of hydrogen-bond acceptors (Lipinski definition) is 3. The van der Waals surface area contributed by atoms with Gasteiger partial charge in [-0.05, 0) is 62.5 Å². The molecule has 5 heteroatoms. The quantitative estimate of drug-likeness (QED) is 0.864. The number of carbonyl (C=O) groups excluding carboxylic acids is 2. The smallest absolute Gasteiger partial charge is 0.255 e. The Morgan fingerprint density at radius 3 is 2.67 bits per heavy atom. The first-order valence-corrected chi connectivity index (χ1v) is 10.6. The minimum Gasteiger partial charge on any atom is -0.353 e. The van der Waals surface area contributed by atoms with Crippen molar-refractivity contribution in [2.24, 2.45) is 11.3 Å². The van der Waals surface area contributed by atoms with E-state index in [0.717, 1.165) is 38.0 Å². The third kappa shape index (κ3) is 4.17. The maximum Gasteiger partial charge on any atom is 0.255 e. The van der Waals surface area contributed by atoms with Crippen LogP contribution in [0.25, 0.3) is 0 Å². The van der Waals surface area contributed by atoms with E-state index in [9.17, 15) is 9.59 Å². The van der Waals surface area contributed by atoms with Gasteiger partial charge in [0, 0.05) is 37.4 Å². The number of likely N-dealkylation sites (tertiary alicyclic amines) is 1. The number of nitrogens with one attached hydrogen (secondary N) is 1. The highest BCUT2D eigenvalue weighted by atomic mass is 16.2. The predicted octanol–water partition coefficient (Wildman–Crippen LogP) is 3.47. The van der Waals surface area contributed by atoms with E-state index in [2.05, 4.69) is 10.3 Å². The van der Waals surface area contributed by atoms with Crippen LogP contribution in [0.4, 0.5) is 0 Å². The van der Waals surface area contributed by atoms with Crippen LogP contribution in [-0.2, 0) is 4.79 Å². The van der Waals surface area contributed by atoms with Crippen LogP contribution >= 0.6 is 0 Å². The molecule has 1 saturated heterocycles. The molecule has 1 spiro atoms. The van der Waals surface area contributed by atoms with Crippen molar-refractivity contribution in [1.82, 2.24) is 15.2 Å². The van der Waals surface area contributed by atoms with Gasteiger partial charge in [0.15, 0.2) is 0 Å². The molecule has 1 N–H and O–H groups in total. The number of rotatable bonds is 5. The summed E-state index contributed by atoms with van der Waals surface area (Å²) in [4.78, 5) is 31.5. The van der Waals surface area contributed by atoms with E-state index in [1.54, 1.807) is 6.20 Å². The molecule has 1 aromatic heterocycles. The van der Waals surface area contributed by atoms with Crippen LogP contribution in [0, 0.1) is 18.3 Å². The summed E-state index contributed by atoms with van der Waals surface area (Å²) in [5.41, 5.74) is 1.82. The second kappa shape index (κ2) is 7.61. The molecule has 2 amide bonds. The Balaban J connectivity index is 1.44. The lowest BCUT2D eigenvalue weighted by Gasteiger charge is -2.38. The largest absolute Gasteiger partial charge is 0.353 e. The third-order valence-electron chi connectivity index (χ3n) is 6.77. The fourth-order valence-corrected chi connectivity index (χ4v) is 5.02. The number of nitrogens with zero attached hydrogens (tertiary/aromatic N) is 2. The molecule has 0 bridgehead atoms. The molecule has 5 nitrogen and oxygen atoms in total. The molecule has 1 unspecified atom stereocenters.